The van der Waals surface area contributed by atoms with Gasteiger partial charge in [0.25, 0.3) is 5.91 Å². The molecule has 0 fully saturated rings. The fraction of sp³-hybridized carbons (Fsp3) is 0.143. The largest absolute Gasteiger partial charge is 0.378 e. The minimum atomic E-state index is -0.621. The van der Waals surface area contributed by atoms with E-state index >= 15 is 0 Å². The smallest absolute Gasteiger partial charge is 0.293 e. The molecule has 2 aromatic heterocycles. The Morgan fingerprint density at radius 1 is 1.44 bits per heavy atom. The highest BCUT2D eigenvalue weighted by Crippen LogP contribution is 2.19. The van der Waals surface area contributed by atoms with E-state index in [-0.39, 0.29) is 29.6 Å². The van der Waals surface area contributed by atoms with E-state index in [2.05, 4.69) is 35.8 Å². The highest BCUT2D eigenvalue weighted by atomic mass is 35.5. The van der Waals surface area contributed by atoms with Crippen molar-refractivity contribution in [3.8, 4) is 5.82 Å². The summed E-state index contributed by atoms with van der Waals surface area (Å²) in [6.07, 6.45) is 1.37. The molecule has 27 heavy (non-hydrogen) atoms. The number of carbonyl (C=O) groups is 1. The molecule has 0 saturated heterocycles. The van der Waals surface area contributed by atoms with Gasteiger partial charge in [-0.3, -0.25) is 4.79 Å². The molecule has 3 N–H and O–H groups in total. The Morgan fingerprint density at radius 2 is 2.26 bits per heavy atom. The van der Waals surface area contributed by atoms with Crippen LogP contribution in [-0.4, -0.2) is 44.5 Å². The van der Waals surface area contributed by atoms with Crippen LogP contribution in [-0.2, 0) is 11.3 Å². The molecule has 13 heteroatoms. The number of halogens is 2. The van der Waals surface area contributed by atoms with Crippen LogP contribution >= 0.6 is 23.2 Å². The topological polar surface area (TPSA) is 146 Å². The van der Waals surface area contributed by atoms with Crippen molar-refractivity contribution in [3.63, 3.8) is 0 Å². The molecule has 0 aliphatic heterocycles. The van der Waals surface area contributed by atoms with Crippen LogP contribution in [0.1, 0.15) is 21.7 Å². The van der Waals surface area contributed by atoms with E-state index in [9.17, 15) is 4.79 Å². The van der Waals surface area contributed by atoms with Gasteiger partial charge in [-0.1, -0.05) is 34.5 Å². The number of aromatic nitrogens is 5. The zero-order valence-corrected chi connectivity index (χ0v) is 15.3. The number of amides is 1. The average molecular weight is 411 g/mol. The first-order valence-corrected chi connectivity index (χ1v) is 8.07. The number of nitrogens with zero attached hydrogens (tertiary/aromatic N) is 6. The Labute approximate surface area is 162 Å². The van der Waals surface area contributed by atoms with Crippen LogP contribution in [0.5, 0.6) is 0 Å². The van der Waals surface area contributed by atoms with Crippen LogP contribution in [0.3, 0.4) is 0 Å². The molecular formula is C14H12Cl2N8O3. The molecule has 1 aromatic carbocycles. The molecule has 0 saturated carbocycles. The van der Waals surface area contributed by atoms with Gasteiger partial charge in [0, 0.05) is 17.7 Å². The van der Waals surface area contributed by atoms with Gasteiger partial charge < -0.3 is 10.5 Å². The number of ether oxygens (including phenoxy) is 1. The van der Waals surface area contributed by atoms with Gasteiger partial charge in [-0.2, -0.15) is 9.78 Å². The molecule has 0 spiro atoms. The molecule has 2 heterocycles. The lowest BCUT2D eigenvalue weighted by Gasteiger charge is -2.04. The normalized spacial score (nSPS) is 11.2. The van der Waals surface area contributed by atoms with Crippen molar-refractivity contribution >= 4 is 41.1 Å². The number of nitrogens with two attached hydrogens (primary N) is 1. The molecule has 1 amide bonds. The molecule has 3 aromatic rings. The lowest BCUT2D eigenvalue weighted by Crippen LogP contribution is -2.20. The third-order valence-electron chi connectivity index (χ3n) is 3.29. The molecule has 3 rings (SSSR count). The fourth-order valence-electron chi connectivity index (χ4n) is 2.07. The van der Waals surface area contributed by atoms with Crippen molar-refractivity contribution < 1.29 is 14.2 Å². The summed E-state index contributed by atoms with van der Waals surface area (Å²) in [5.74, 6) is -0.547. The summed E-state index contributed by atoms with van der Waals surface area (Å²) < 4.78 is 10.8. The molecule has 0 radical (unpaired) electrons. The maximum Gasteiger partial charge on any atom is 0.293 e. The van der Waals surface area contributed by atoms with E-state index in [0.29, 0.717) is 15.6 Å². The van der Waals surface area contributed by atoms with Gasteiger partial charge in [0.05, 0.1) is 17.8 Å². The number of methoxy groups -OCH3 is 1. The van der Waals surface area contributed by atoms with Crippen molar-refractivity contribution in [2.24, 2.45) is 5.10 Å². The summed E-state index contributed by atoms with van der Waals surface area (Å²) in [6.45, 7) is 0.00871. The van der Waals surface area contributed by atoms with Crippen LogP contribution in [0.25, 0.3) is 5.82 Å². The first-order valence-electron chi connectivity index (χ1n) is 7.31. The summed E-state index contributed by atoms with van der Waals surface area (Å²) in [7, 11) is 1.45. The van der Waals surface area contributed by atoms with Gasteiger partial charge in [0.1, 0.15) is 5.69 Å². The monoisotopic (exact) mass is 410 g/mol. The molecular weight excluding hydrogens is 399 g/mol. The summed E-state index contributed by atoms with van der Waals surface area (Å²) in [6, 6.07) is 4.87. The molecule has 0 atom stereocenters. The van der Waals surface area contributed by atoms with Gasteiger partial charge >= 0.3 is 0 Å². The van der Waals surface area contributed by atoms with Crippen molar-refractivity contribution in [1.29, 1.82) is 0 Å². The molecule has 140 valence electrons. The standard InChI is InChI=1S/C14H12Cl2N8O3/c1-26-6-10-11(19-23-24(10)13-12(17)21-27-22-13)14(25)20-18-5-7-2-3-8(15)4-9(7)16/h2-5H,6H2,1H3,(H2,17,21)(H,20,25). The fourth-order valence-corrected chi connectivity index (χ4v) is 2.53. The van der Waals surface area contributed by atoms with Gasteiger partial charge in [0.15, 0.2) is 5.69 Å². The van der Waals surface area contributed by atoms with Gasteiger partial charge in [-0.15, -0.1) is 5.10 Å². The molecule has 0 unspecified atom stereocenters. The quantitative estimate of drug-likeness (QED) is 0.458. The Kier molecular flexibility index (Phi) is 5.64. The zero-order valence-electron chi connectivity index (χ0n) is 13.8. The lowest BCUT2D eigenvalue weighted by atomic mass is 10.2. The lowest BCUT2D eigenvalue weighted by molar-refractivity contribution is 0.0944. The summed E-state index contributed by atoms with van der Waals surface area (Å²) in [4.78, 5) is 12.4. The number of carbonyl (C=O) groups excluding carboxylic acids is 1. The minimum Gasteiger partial charge on any atom is -0.378 e. The Bertz CT molecular complexity index is 1000. The SMILES string of the molecule is COCc1c(C(=O)NN=Cc2ccc(Cl)cc2Cl)nnn1-c1nonc1N. The van der Waals surface area contributed by atoms with Crippen molar-refractivity contribution in [2.75, 3.05) is 12.8 Å². The van der Waals surface area contributed by atoms with Crippen LogP contribution in [0.4, 0.5) is 5.82 Å². The predicted octanol–water partition coefficient (Wildman–Crippen LogP) is 1.45. The molecule has 0 bridgehead atoms. The average Bonchev–Trinajstić information content (AvgIpc) is 3.23. The van der Waals surface area contributed by atoms with Crippen LogP contribution in [0.2, 0.25) is 10.0 Å². The van der Waals surface area contributed by atoms with Crippen LogP contribution < -0.4 is 11.2 Å². The number of nitrogens with one attached hydrogen (secondary N) is 1. The van der Waals surface area contributed by atoms with E-state index in [1.54, 1.807) is 18.2 Å². The van der Waals surface area contributed by atoms with Gasteiger partial charge in [-0.05, 0) is 22.4 Å². The zero-order chi connectivity index (χ0) is 19.4. The summed E-state index contributed by atoms with van der Waals surface area (Å²) in [5.41, 5.74) is 8.82. The van der Waals surface area contributed by atoms with E-state index < -0.39 is 5.91 Å². The maximum absolute atomic E-state index is 12.4. The van der Waals surface area contributed by atoms with E-state index in [0.717, 1.165) is 0 Å². The molecule has 0 aliphatic carbocycles. The van der Waals surface area contributed by atoms with Gasteiger partial charge in [0.2, 0.25) is 11.6 Å². The number of hydrogen-bond donors (Lipinski definition) is 2. The van der Waals surface area contributed by atoms with E-state index in [1.165, 1.54) is 18.0 Å². The number of anilines is 1. The number of rotatable bonds is 6. The Hall–Kier alpha value is -3.02. The van der Waals surface area contributed by atoms with Gasteiger partial charge in [-0.25, -0.2) is 10.1 Å². The van der Waals surface area contributed by atoms with Crippen molar-refractivity contribution in [2.45, 2.75) is 6.61 Å². The first-order chi connectivity index (χ1) is 13.0. The first kappa shape index (κ1) is 18.8. The number of nitrogen functional groups attached to an aromatic ring is 1. The highest BCUT2D eigenvalue weighted by molar-refractivity contribution is 6.36. The van der Waals surface area contributed by atoms with Crippen LogP contribution in [0, 0.1) is 0 Å². The minimum absolute atomic E-state index is 0.00871. The Morgan fingerprint density at radius 3 is 2.93 bits per heavy atom. The number of hydrazone groups is 1. The third-order valence-corrected chi connectivity index (χ3v) is 3.85. The van der Waals surface area contributed by atoms with E-state index in [1.807, 2.05) is 0 Å². The second-order valence-corrected chi connectivity index (χ2v) is 5.91. The highest BCUT2D eigenvalue weighted by Gasteiger charge is 2.23. The van der Waals surface area contributed by atoms with Crippen molar-refractivity contribution in [1.82, 2.24) is 30.7 Å². The second-order valence-electron chi connectivity index (χ2n) is 5.07. The summed E-state index contributed by atoms with van der Waals surface area (Å²) in [5, 5.41) is 19.5. The maximum atomic E-state index is 12.4. The molecule has 11 nitrogen and oxygen atoms in total. The van der Waals surface area contributed by atoms with E-state index in [4.69, 9.17) is 33.7 Å². The van der Waals surface area contributed by atoms with Crippen LogP contribution in [0.15, 0.2) is 27.9 Å². The third kappa shape index (κ3) is 4.05. The predicted molar refractivity (Wildman–Crippen MR) is 95.9 cm³/mol. The van der Waals surface area contributed by atoms with Crippen molar-refractivity contribution in [3.05, 3.63) is 45.2 Å². The molecule has 0 aliphatic rings. The second kappa shape index (κ2) is 8.12. The number of benzene rings is 1. The number of hydrogen-bond acceptors (Lipinski definition) is 9. The Balaban J connectivity index is 1.81. The summed E-state index contributed by atoms with van der Waals surface area (Å²) >= 11 is 11.9.